The first-order valence-corrected chi connectivity index (χ1v) is 6.63. The Bertz CT molecular complexity index is 725. The average molecular weight is 260 g/mol. The van der Waals surface area contributed by atoms with Gasteiger partial charge < -0.3 is 4.57 Å². The van der Waals surface area contributed by atoms with Gasteiger partial charge in [-0.25, -0.2) is 4.98 Å². The molecule has 0 aliphatic carbocycles. The minimum atomic E-state index is 0.942. The molecule has 0 bridgehead atoms. The summed E-state index contributed by atoms with van der Waals surface area (Å²) in [6.45, 7) is 5.91. The first kappa shape index (κ1) is 12.4. The van der Waals surface area contributed by atoms with E-state index < -0.39 is 0 Å². The van der Waals surface area contributed by atoms with Gasteiger partial charge in [-0.05, 0) is 6.92 Å². The molecule has 2 aromatic carbocycles. The normalized spacial score (nSPS) is 10.4. The predicted molar refractivity (Wildman–Crippen MR) is 84.2 cm³/mol. The highest BCUT2D eigenvalue weighted by atomic mass is 15.1. The van der Waals surface area contributed by atoms with Crippen molar-refractivity contribution in [3.05, 3.63) is 73.1 Å². The second kappa shape index (κ2) is 5.17. The minimum Gasteiger partial charge on any atom is -0.303 e. The highest BCUT2D eigenvalue weighted by Crippen LogP contribution is 2.32. The molecule has 1 aromatic heterocycles. The van der Waals surface area contributed by atoms with Gasteiger partial charge in [0.05, 0.1) is 11.4 Å². The molecule has 20 heavy (non-hydrogen) atoms. The zero-order valence-corrected chi connectivity index (χ0v) is 11.5. The molecule has 0 radical (unpaired) electrons. The first-order valence-electron chi connectivity index (χ1n) is 6.63. The Hall–Kier alpha value is -2.61. The van der Waals surface area contributed by atoms with Crippen molar-refractivity contribution in [2.45, 2.75) is 6.92 Å². The third kappa shape index (κ3) is 2.05. The lowest BCUT2D eigenvalue weighted by molar-refractivity contribution is 1.04. The van der Waals surface area contributed by atoms with E-state index in [0.717, 1.165) is 28.3 Å². The molecule has 0 fully saturated rings. The van der Waals surface area contributed by atoms with Crippen LogP contribution in [0.5, 0.6) is 0 Å². The van der Waals surface area contributed by atoms with Gasteiger partial charge in [-0.2, -0.15) is 0 Å². The fourth-order valence-corrected chi connectivity index (χ4v) is 2.44. The molecule has 1 heterocycles. The molecule has 0 N–H and O–H groups in total. The molecule has 3 rings (SSSR count). The quantitative estimate of drug-likeness (QED) is 0.671. The van der Waals surface area contributed by atoms with Gasteiger partial charge in [0, 0.05) is 17.3 Å². The molecule has 0 aliphatic heterocycles. The van der Waals surface area contributed by atoms with E-state index in [-0.39, 0.29) is 0 Å². The third-order valence-corrected chi connectivity index (χ3v) is 3.36. The number of hydrogen-bond donors (Lipinski definition) is 0. The van der Waals surface area contributed by atoms with Gasteiger partial charge in [0.25, 0.3) is 0 Å². The lowest BCUT2D eigenvalue weighted by Gasteiger charge is -2.07. The van der Waals surface area contributed by atoms with Crippen LogP contribution in [0.15, 0.2) is 67.2 Å². The SMILES string of the molecule is C=Cn1c(C)nc(-c2ccccc2)c1-c1ccccc1. The Kier molecular flexibility index (Phi) is 3.21. The molecule has 0 atom stereocenters. The molecule has 0 saturated carbocycles. The highest BCUT2D eigenvalue weighted by molar-refractivity contribution is 5.80. The summed E-state index contributed by atoms with van der Waals surface area (Å²) in [7, 11) is 0. The molecular formula is C18H16N2. The Morgan fingerprint density at radius 3 is 2.00 bits per heavy atom. The summed E-state index contributed by atoms with van der Waals surface area (Å²) in [5.74, 6) is 0.942. The number of nitrogens with zero attached hydrogens (tertiary/aromatic N) is 2. The number of imidazole rings is 1. The van der Waals surface area contributed by atoms with Crippen LogP contribution < -0.4 is 0 Å². The summed E-state index contributed by atoms with van der Waals surface area (Å²) in [5.41, 5.74) is 4.35. The lowest BCUT2D eigenvalue weighted by Crippen LogP contribution is -1.92. The van der Waals surface area contributed by atoms with Crippen molar-refractivity contribution < 1.29 is 0 Å². The standard InChI is InChI=1S/C18H16N2/c1-3-20-14(2)19-17(15-10-6-4-7-11-15)18(20)16-12-8-5-9-13-16/h3-13H,1H2,2H3. The van der Waals surface area contributed by atoms with Crippen LogP contribution in [0.25, 0.3) is 28.7 Å². The van der Waals surface area contributed by atoms with E-state index in [0.29, 0.717) is 0 Å². The Morgan fingerprint density at radius 1 is 0.900 bits per heavy atom. The second-order valence-corrected chi connectivity index (χ2v) is 4.64. The Labute approximate surface area is 119 Å². The molecule has 3 aromatic rings. The molecule has 98 valence electrons. The van der Waals surface area contributed by atoms with Gasteiger partial charge in [-0.1, -0.05) is 67.2 Å². The van der Waals surface area contributed by atoms with Crippen LogP contribution in [0.1, 0.15) is 5.82 Å². The maximum atomic E-state index is 4.72. The molecule has 0 aliphatic rings. The van der Waals surface area contributed by atoms with Crippen LogP contribution in [-0.2, 0) is 0 Å². The summed E-state index contributed by atoms with van der Waals surface area (Å²) < 4.78 is 2.04. The molecule has 2 nitrogen and oxygen atoms in total. The summed E-state index contributed by atoms with van der Waals surface area (Å²) in [6, 6.07) is 20.6. The maximum Gasteiger partial charge on any atom is 0.110 e. The molecule has 0 amide bonds. The van der Waals surface area contributed by atoms with Crippen LogP contribution in [0.4, 0.5) is 0 Å². The average Bonchev–Trinajstić information content (AvgIpc) is 2.85. The fourth-order valence-electron chi connectivity index (χ4n) is 2.44. The smallest absolute Gasteiger partial charge is 0.110 e. The van der Waals surface area contributed by atoms with E-state index in [1.807, 2.05) is 54.1 Å². The van der Waals surface area contributed by atoms with E-state index in [1.165, 1.54) is 0 Å². The van der Waals surface area contributed by atoms with Crippen LogP contribution in [0, 0.1) is 6.92 Å². The van der Waals surface area contributed by atoms with Gasteiger partial charge in [0.15, 0.2) is 0 Å². The summed E-state index contributed by atoms with van der Waals surface area (Å²) >= 11 is 0. The zero-order chi connectivity index (χ0) is 13.9. The van der Waals surface area contributed by atoms with Gasteiger partial charge in [0.2, 0.25) is 0 Å². The van der Waals surface area contributed by atoms with Crippen LogP contribution >= 0.6 is 0 Å². The van der Waals surface area contributed by atoms with Gasteiger partial charge >= 0.3 is 0 Å². The minimum absolute atomic E-state index is 0.942. The van der Waals surface area contributed by atoms with E-state index in [2.05, 4.69) is 30.8 Å². The van der Waals surface area contributed by atoms with Gasteiger partial charge in [0.1, 0.15) is 5.82 Å². The number of benzene rings is 2. The maximum absolute atomic E-state index is 4.72. The highest BCUT2D eigenvalue weighted by Gasteiger charge is 2.16. The number of hydrogen-bond acceptors (Lipinski definition) is 1. The topological polar surface area (TPSA) is 17.8 Å². The Morgan fingerprint density at radius 2 is 1.45 bits per heavy atom. The summed E-state index contributed by atoms with van der Waals surface area (Å²) in [5, 5.41) is 0. The van der Waals surface area contributed by atoms with Crippen molar-refractivity contribution in [1.82, 2.24) is 9.55 Å². The van der Waals surface area contributed by atoms with Crippen LogP contribution in [-0.4, -0.2) is 9.55 Å². The third-order valence-electron chi connectivity index (χ3n) is 3.36. The molecule has 0 unspecified atom stereocenters. The molecule has 0 spiro atoms. The van der Waals surface area contributed by atoms with Crippen LogP contribution in [0.2, 0.25) is 0 Å². The van der Waals surface area contributed by atoms with E-state index in [4.69, 9.17) is 4.98 Å². The lowest BCUT2D eigenvalue weighted by atomic mass is 10.0. The summed E-state index contributed by atoms with van der Waals surface area (Å²) in [4.78, 5) is 4.72. The number of aromatic nitrogens is 2. The van der Waals surface area contributed by atoms with Crippen LogP contribution in [0.3, 0.4) is 0 Å². The van der Waals surface area contributed by atoms with Crippen molar-refractivity contribution in [2.24, 2.45) is 0 Å². The monoisotopic (exact) mass is 260 g/mol. The molecular weight excluding hydrogens is 244 g/mol. The van der Waals surface area contributed by atoms with Crippen molar-refractivity contribution in [3.63, 3.8) is 0 Å². The fraction of sp³-hybridized carbons (Fsp3) is 0.0556. The van der Waals surface area contributed by atoms with Gasteiger partial charge in [-0.15, -0.1) is 0 Å². The second-order valence-electron chi connectivity index (χ2n) is 4.64. The van der Waals surface area contributed by atoms with Crippen molar-refractivity contribution in [3.8, 4) is 22.5 Å². The molecule has 2 heteroatoms. The van der Waals surface area contributed by atoms with Gasteiger partial charge in [-0.3, -0.25) is 0 Å². The summed E-state index contributed by atoms with van der Waals surface area (Å²) in [6.07, 6.45) is 1.82. The molecule has 0 saturated heterocycles. The van der Waals surface area contributed by atoms with E-state index in [1.54, 1.807) is 0 Å². The van der Waals surface area contributed by atoms with Crippen molar-refractivity contribution in [2.75, 3.05) is 0 Å². The Balaban J connectivity index is 2.29. The largest absolute Gasteiger partial charge is 0.303 e. The number of aryl methyl sites for hydroxylation is 1. The predicted octanol–water partition coefficient (Wildman–Crippen LogP) is 4.63. The number of rotatable bonds is 3. The van der Waals surface area contributed by atoms with Crippen molar-refractivity contribution in [1.29, 1.82) is 0 Å². The van der Waals surface area contributed by atoms with Crippen molar-refractivity contribution >= 4 is 6.20 Å². The first-order chi connectivity index (χ1) is 9.81. The zero-order valence-electron chi connectivity index (χ0n) is 11.5. The van der Waals surface area contributed by atoms with E-state index in [9.17, 15) is 0 Å². The van der Waals surface area contributed by atoms with E-state index >= 15 is 0 Å².